The van der Waals surface area contributed by atoms with Gasteiger partial charge in [-0.3, -0.25) is 4.79 Å². The Morgan fingerprint density at radius 3 is 2.47 bits per heavy atom. The fourth-order valence-electron chi connectivity index (χ4n) is 6.32. The first-order valence-corrected chi connectivity index (χ1v) is 14.9. The van der Waals surface area contributed by atoms with Crippen LogP contribution in [-0.4, -0.2) is 56.5 Å². The van der Waals surface area contributed by atoms with Crippen molar-refractivity contribution < 1.29 is 14.6 Å². The van der Waals surface area contributed by atoms with E-state index in [-0.39, 0.29) is 17.5 Å². The Labute approximate surface area is 251 Å². The van der Waals surface area contributed by atoms with Crippen molar-refractivity contribution >= 4 is 17.7 Å². The maximum Gasteiger partial charge on any atom is 0.320 e. The van der Waals surface area contributed by atoms with E-state index in [1.807, 2.05) is 36.9 Å². The highest BCUT2D eigenvalue weighted by atomic mass is 16.5. The zero-order chi connectivity index (χ0) is 30.3. The largest absolute Gasteiger partial charge is 0.480 e. The highest BCUT2D eigenvalue weighted by molar-refractivity contribution is 5.74. The number of anilines is 2. The smallest absolute Gasteiger partial charge is 0.320 e. The van der Waals surface area contributed by atoms with Gasteiger partial charge in [-0.05, 0) is 86.8 Å². The van der Waals surface area contributed by atoms with Crippen LogP contribution < -0.4 is 20.7 Å². The number of nitrogens with one attached hydrogen (secondary N) is 1. The topological polar surface area (TPSA) is 131 Å². The number of benzene rings is 2. The first-order valence-electron chi connectivity index (χ1n) is 14.9. The summed E-state index contributed by atoms with van der Waals surface area (Å²) in [4.78, 5) is 22.6. The number of rotatable bonds is 7. The lowest BCUT2D eigenvalue weighted by molar-refractivity contribution is -0.139. The molecule has 10 heteroatoms. The third-order valence-corrected chi connectivity index (χ3v) is 9.09. The summed E-state index contributed by atoms with van der Waals surface area (Å²) < 4.78 is 8.32. The molecule has 2 aliphatic heterocycles. The molecule has 0 amide bonds. The van der Waals surface area contributed by atoms with Gasteiger partial charge in [0.1, 0.15) is 18.0 Å². The van der Waals surface area contributed by atoms with Gasteiger partial charge < -0.3 is 25.8 Å². The number of nitrogen functional groups attached to an aromatic ring is 1. The summed E-state index contributed by atoms with van der Waals surface area (Å²) in [5.41, 5.74) is 13.8. The molecule has 4 aromatic rings. The molecule has 0 aliphatic carbocycles. The SMILES string of the molecule is Cc1ccn(-c2cc(-c3ccc(C)c(C)c3)ccc2[C@@H](C)Oc2cc(N3CCC4(CC3)CN[C@@H](C(=O)O)C4)nc(N)n2)n1. The van der Waals surface area contributed by atoms with Gasteiger partial charge in [-0.25, -0.2) is 4.68 Å². The fourth-order valence-corrected chi connectivity index (χ4v) is 6.32. The molecule has 2 aromatic heterocycles. The van der Waals surface area contributed by atoms with Crippen LogP contribution in [0.2, 0.25) is 0 Å². The number of aromatic nitrogens is 4. The van der Waals surface area contributed by atoms with E-state index in [0.29, 0.717) is 12.3 Å². The van der Waals surface area contributed by atoms with Gasteiger partial charge in [0.15, 0.2) is 0 Å². The molecule has 2 aromatic carbocycles. The minimum Gasteiger partial charge on any atom is -0.480 e. The third kappa shape index (κ3) is 5.92. The molecule has 0 unspecified atom stereocenters. The number of piperidine rings is 1. The lowest BCUT2D eigenvalue weighted by Gasteiger charge is -2.39. The molecule has 224 valence electrons. The second kappa shape index (κ2) is 11.3. The highest BCUT2D eigenvalue weighted by Crippen LogP contribution is 2.41. The molecule has 1 spiro atoms. The molecule has 2 aliphatic rings. The minimum absolute atomic E-state index is 0.0106. The zero-order valence-corrected chi connectivity index (χ0v) is 25.2. The quantitative estimate of drug-likeness (QED) is 0.276. The van der Waals surface area contributed by atoms with Crippen LogP contribution in [0.1, 0.15) is 54.7 Å². The van der Waals surface area contributed by atoms with Crippen molar-refractivity contribution in [2.45, 2.75) is 59.1 Å². The molecule has 4 heterocycles. The molecular weight excluding hydrogens is 542 g/mol. The number of hydrogen-bond acceptors (Lipinski definition) is 8. The van der Waals surface area contributed by atoms with Crippen LogP contribution >= 0.6 is 0 Å². The molecule has 0 radical (unpaired) electrons. The van der Waals surface area contributed by atoms with Crippen LogP contribution in [0.5, 0.6) is 5.88 Å². The number of ether oxygens (including phenoxy) is 1. The first-order chi connectivity index (χ1) is 20.6. The van der Waals surface area contributed by atoms with E-state index in [2.05, 4.69) is 70.4 Å². The molecule has 2 saturated heterocycles. The van der Waals surface area contributed by atoms with Crippen LogP contribution in [0.25, 0.3) is 16.8 Å². The van der Waals surface area contributed by atoms with E-state index < -0.39 is 12.0 Å². The summed E-state index contributed by atoms with van der Waals surface area (Å²) in [7, 11) is 0. The van der Waals surface area contributed by atoms with Gasteiger partial charge in [0.2, 0.25) is 11.8 Å². The Bertz CT molecular complexity index is 1660. The molecule has 4 N–H and O–H groups in total. The number of hydrogen-bond donors (Lipinski definition) is 3. The highest BCUT2D eigenvalue weighted by Gasteiger charge is 2.43. The molecule has 43 heavy (non-hydrogen) atoms. The van der Waals surface area contributed by atoms with Crippen LogP contribution in [0, 0.1) is 26.2 Å². The van der Waals surface area contributed by atoms with Crippen LogP contribution in [-0.2, 0) is 4.79 Å². The van der Waals surface area contributed by atoms with E-state index in [1.54, 1.807) is 0 Å². The summed E-state index contributed by atoms with van der Waals surface area (Å²) in [6.07, 6.45) is 4.05. The Balaban J connectivity index is 1.23. The molecule has 0 saturated carbocycles. The number of carboxylic acid groups (broad SMARTS) is 1. The normalized spacial score (nSPS) is 18.6. The Morgan fingerprint density at radius 1 is 1.05 bits per heavy atom. The van der Waals surface area contributed by atoms with Crippen molar-refractivity contribution in [3.63, 3.8) is 0 Å². The molecule has 10 nitrogen and oxygen atoms in total. The van der Waals surface area contributed by atoms with Gasteiger partial charge in [0.25, 0.3) is 0 Å². The van der Waals surface area contributed by atoms with Gasteiger partial charge >= 0.3 is 5.97 Å². The van der Waals surface area contributed by atoms with Gasteiger partial charge in [-0.1, -0.05) is 30.3 Å². The number of aliphatic carboxylic acids is 1. The van der Waals surface area contributed by atoms with Crippen molar-refractivity contribution in [3.8, 4) is 22.7 Å². The maximum absolute atomic E-state index is 11.5. The summed E-state index contributed by atoms with van der Waals surface area (Å²) in [5, 5.41) is 17.3. The summed E-state index contributed by atoms with van der Waals surface area (Å²) in [5.74, 6) is 0.508. The average Bonchev–Trinajstić information content (AvgIpc) is 3.61. The minimum atomic E-state index is -0.774. The Hall–Kier alpha value is -4.44. The van der Waals surface area contributed by atoms with E-state index in [1.165, 1.54) is 11.1 Å². The number of carboxylic acids is 1. The lowest BCUT2D eigenvalue weighted by Crippen LogP contribution is -2.41. The monoisotopic (exact) mass is 581 g/mol. The van der Waals surface area contributed by atoms with Crippen LogP contribution in [0.4, 0.5) is 11.8 Å². The molecule has 2 fully saturated rings. The summed E-state index contributed by atoms with van der Waals surface area (Å²) in [6.45, 7) is 10.5. The predicted molar refractivity (Wildman–Crippen MR) is 167 cm³/mol. The second-order valence-electron chi connectivity index (χ2n) is 12.1. The fraction of sp³-hybridized carbons (Fsp3) is 0.394. The van der Waals surface area contributed by atoms with Crippen molar-refractivity contribution in [2.75, 3.05) is 30.3 Å². The average molecular weight is 582 g/mol. The van der Waals surface area contributed by atoms with Crippen LogP contribution in [0.3, 0.4) is 0 Å². The number of carbonyl (C=O) groups is 1. The zero-order valence-electron chi connectivity index (χ0n) is 25.2. The van der Waals surface area contributed by atoms with Crippen molar-refractivity contribution in [3.05, 3.63) is 77.1 Å². The first kappa shape index (κ1) is 28.7. The van der Waals surface area contributed by atoms with Gasteiger partial charge in [-0.2, -0.15) is 15.1 Å². The van der Waals surface area contributed by atoms with E-state index in [4.69, 9.17) is 15.6 Å². The van der Waals surface area contributed by atoms with E-state index in [0.717, 1.165) is 66.4 Å². The van der Waals surface area contributed by atoms with Gasteiger partial charge in [0.05, 0.1) is 11.4 Å². The Morgan fingerprint density at radius 2 is 1.79 bits per heavy atom. The van der Waals surface area contributed by atoms with Gasteiger partial charge in [0, 0.05) is 37.5 Å². The van der Waals surface area contributed by atoms with E-state index in [9.17, 15) is 9.90 Å². The van der Waals surface area contributed by atoms with Crippen molar-refractivity contribution in [2.24, 2.45) is 5.41 Å². The van der Waals surface area contributed by atoms with Crippen molar-refractivity contribution in [1.82, 2.24) is 25.1 Å². The predicted octanol–water partition coefficient (Wildman–Crippen LogP) is 5.01. The second-order valence-corrected chi connectivity index (χ2v) is 12.1. The number of nitrogens with zero attached hydrogens (tertiary/aromatic N) is 5. The van der Waals surface area contributed by atoms with E-state index >= 15 is 0 Å². The lowest BCUT2D eigenvalue weighted by atomic mass is 9.76. The molecular formula is C33H39N7O3. The standard InChI is InChI=1S/C33H39N7O3/c1-20-5-6-24(15-21(20)2)25-7-8-26(28(16-25)40-12-9-22(3)38-40)23(4)43-30-17-29(36-32(34)37-30)39-13-10-33(11-14-39)18-27(31(41)42)35-19-33/h5-9,12,15-17,23,27,35H,10-11,13-14,18-19H2,1-4H3,(H,41,42)(H2,34,36,37)/t23-,27-/m1/s1. The number of aryl methyl sites for hydroxylation is 3. The molecule has 0 bridgehead atoms. The van der Waals surface area contributed by atoms with Crippen molar-refractivity contribution in [1.29, 1.82) is 0 Å². The maximum atomic E-state index is 11.5. The summed E-state index contributed by atoms with van der Waals surface area (Å²) >= 11 is 0. The van der Waals surface area contributed by atoms with Crippen LogP contribution in [0.15, 0.2) is 54.7 Å². The third-order valence-electron chi connectivity index (χ3n) is 9.09. The van der Waals surface area contributed by atoms with Gasteiger partial charge in [-0.15, -0.1) is 0 Å². The molecule has 2 atom stereocenters. The number of nitrogens with two attached hydrogens (primary N) is 1. The molecule has 6 rings (SSSR count). The summed E-state index contributed by atoms with van der Waals surface area (Å²) in [6, 6.07) is 16.3. The Kier molecular flexibility index (Phi) is 7.56.